The molecule has 3 aromatic rings. The van der Waals surface area contributed by atoms with Crippen LogP contribution < -0.4 is 10.6 Å². The van der Waals surface area contributed by atoms with E-state index in [4.69, 9.17) is 0 Å². The molecule has 0 saturated carbocycles. The van der Waals surface area contributed by atoms with E-state index in [0.717, 1.165) is 22.4 Å². The van der Waals surface area contributed by atoms with Crippen LogP contribution in [0.15, 0.2) is 48.7 Å². The summed E-state index contributed by atoms with van der Waals surface area (Å²) < 4.78 is 13.3. The van der Waals surface area contributed by atoms with Gasteiger partial charge in [-0.05, 0) is 56.2 Å². The molecular weight excluding hydrogens is 331 g/mol. The maximum atomic E-state index is 13.3. The Labute approximate surface area is 151 Å². The van der Waals surface area contributed by atoms with Gasteiger partial charge in [-0.25, -0.2) is 14.4 Å². The highest BCUT2D eigenvalue weighted by molar-refractivity contribution is 6.03. The Morgan fingerprint density at radius 1 is 1.04 bits per heavy atom. The summed E-state index contributed by atoms with van der Waals surface area (Å²) in [7, 11) is 0. The number of carbonyl (C=O) groups is 1. The van der Waals surface area contributed by atoms with E-state index >= 15 is 0 Å². The van der Waals surface area contributed by atoms with Crippen molar-refractivity contribution in [2.75, 3.05) is 10.6 Å². The zero-order chi connectivity index (χ0) is 18.7. The zero-order valence-electron chi connectivity index (χ0n) is 14.8. The average molecular weight is 350 g/mol. The molecule has 0 bridgehead atoms. The number of aryl methyl sites for hydroxylation is 3. The zero-order valence-corrected chi connectivity index (χ0v) is 14.8. The molecule has 0 radical (unpaired) electrons. The maximum absolute atomic E-state index is 13.3. The van der Waals surface area contributed by atoms with Gasteiger partial charge in [0, 0.05) is 17.6 Å². The summed E-state index contributed by atoms with van der Waals surface area (Å²) in [6.45, 7) is 5.92. The Morgan fingerprint density at radius 2 is 1.77 bits per heavy atom. The van der Waals surface area contributed by atoms with Crippen LogP contribution in [0.25, 0.3) is 0 Å². The smallest absolute Gasteiger partial charge is 0.274 e. The van der Waals surface area contributed by atoms with E-state index in [-0.39, 0.29) is 23.4 Å². The van der Waals surface area contributed by atoms with Gasteiger partial charge in [-0.1, -0.05) is 23.8 Å². The molecule has 0 saturated heterocycles. The molecule has 26 heavy (non-hydrogen) atoms. The highest BCUT2D eigenvalue weighted by Crippen LogP contribution is 2.22. The van der Waals surface area contributed by atoms with Gasteiger partial charge in [0.25, 0.3) is 5.91 Å². The SMILES string of the molecule is Cc1cc(C)c(NC(=O)c2ccnc(Nc3cccc(F)c3)n2)c(C)c1. The molecule has 2 aromatic carbocycles. The van der Waals surface area contributed by atoms with E-state index in [1.54, 1.807) is 12.1 Å². The number of rotatable bonds is 4. The van der Waals surface area contributed by atoms with Gasteiger partial charge >= 0.3 is 0 Å². The fraction of sp³-hybridized carbons (Fsp3) is 0.150. The molecule has 0 aliphatic carbocycles. The van der Waals surface area contributed by atoms with Crippen LogP contribution in [0.4, 0.5) is 21.7 Å². The van der Waals surface area contributed by atoms with Crippen LogP contribution >= 0.6 is 0 Å². The van der Waals surface area contributed by atoms with Crippen molar-refractivity contribution in [1.29, 1.82) is 0 Å². The standard InChI is InChI=1S/C20H19FN4O/c1-12-9-13(2)18(14(3)10-12)25-19(26)17-7-8-22-20(24-17)23-16-6-4-5-15(21)11-16/h4-11H,1-3H3,(H,25,26)(H,22,23,24). The molecule has 5 nitrogen and oxygen atoms in total. The summed E-state index contributed by atoms with van der Waals surface area (Å²) >= 11 is 0. The lowest BCUT2D eigenvalue weighted by molar-refractivity contribution is 0.102. The van der Waals surface area contributed by atoms with Crippen molar-refractivity contribution in [3.8, 4) is 0 Å². The second-order valence-electron chi connectivity index (χ2n) is 6.13. The number of amides is 1. The largest absolute Gasteiger partial charge is 0.324 e. The Hall–Kier alpha value is -3.28. The molecule has 1 amide bonds. The van der Waals surface area contributed by atoms with Gasteiger partial charge in [0.2, 0.25) is 5.95 Å². The monoisotopic (exact) mass is 350 g/mol. The van der Waals surface area contributed by atoms with Crippen molar-refractivity contribution in [3.63, 3.8) is 0 Å². The molecule has 0 spiro atoms. The molecule has 6 heteroatoms. The van der Waals surface area contributed by atoms with Crippen LogP contribution in [0.1, 0.15) is 27.2 Å². The van der Waals surface area contributed by atoms with Crippen LogP contribution in [0.5, 0.6) is 0 Å². The van der Waals surface area contributed by atoms with E-state index in [9.17, 15) is 9.18 Å². The number of hydrogen-bond donors (Lipinski definition) is 2. The van der Waals surface area contributed by atoms with Gasteiger partial charge in [-0.2, -0.15) is 0 Å². The quantitative estimate of drug-likeness (QED) is 0.725. The highest BCUT2D eigenvalue weighted by Gasteiger charge is 2.13. The van der Waals surface area contributed by atoms with E-state index in [1.165, 1.54) is 24.4 Å². The number of halogens is 1. The van der Waals surface area contributed by atoms with Crippen molar-refractivity contribution in [3.05, 3.63) is 76.9 Å². The number of benzene rings is 2. The third-order valence-electron chi connectivity index (χ3n) is 3.88. The summed E-state index contributed by atoms with van der Waals surface area (Å²) in [4.78, 5) is 20.9. The topological polar surface area (TPSA) is 66.9 Å². The minimum atomic E-state index is -0.366. The number of aromatic nitrogens is 2. The van der Waals surface area contributed by atoms with Crippen molar-refractivity contribution in [2.45, 2.75) is 20.8 Å². The van der Waals surface area contributed by atoms with Crippen LogP contribution in [0, 0.1) is 26.6 Å². The Kier molecular flexibility index (Phi) is 4.93. The third kappa shape index (κ3) is 4.03. The first-order chi connectivity index (χ1) is 12.4. The minimum absolute atomic E-state index is 0.221. The lowest BCUT2D eigenvalue weighted by Crippen LogP contribution is -2.16. The predicted octanol–water partition coefficient (Wildman–Crippen LogP) is 4.54. The van der Waals surface area contributed by atoms with Crippen molar-refractivity contribution >= 4 is 23.2 Å². The fourth-order valence-corrected chi connectivity index (χ4v) is 2.80. The molecule has 0 unspecified atom stereocenters. The molecule has 1 aromatic heterocycles. The molecule has 0 fully saturated rings. The first-order valence-corrected chi connectivity index (χ1v) is 8.17. The summed E-state index contributed by atoms with van der Waals surface area (Å²) in [5.74, 6) is -0.473. The van der Waals surface area contributed by atoms with Crippen molar-refractivity contribution in [2.24, 2.45) is 0 Å². The summed E-state index contributed by atoms with van der Waals surface area (Å²) in [5, 5.41) is 5.80. The predicted molar refractivity (Wildman–Crippen MR) is 100 cm³/mol. The van der Waals surface area contributed by atoms with Gasteiger partial charge in [0.1, 0.15) is 11.5 Å². The molecular formula is C20H19FN4O. The Balaban J connectivity index is 1.80. The number of hydrogen-bond acceptors (Lipinski definition) is 4. The second kappa shape index (κ2) is 7.31. The molecule has 3 rings (SSSR count). The van der Waals surface area contributed by atoms with Crippen LogP contribution in [-0.2, 0) is 0 Å². The highest BCUT2D eigenvalue weighted by atomic mass is 19.1. The van der Waals surface area contributed by atoms with Gasteiger partial charge in [0.05, 0.1) is 0 Å². The molecule has 0 aliphatic rings. The summed E-state index contributed by atoms with van der Waals surface area (Å²) in [6.07, 6.45) is 1.48. The summed E-state index contributed by atoms with van der Waals surface area (Å²) in [6, 6.07) is 11.5. The Bertz CT molecular complexity index is 949. The molecule has 1 heterocycles. The Morgan fingerprint density at radius 3 is 2.46 bits per heavy atom. The lowest BCUT2D eigenvalue weighted by Gasteiger charge is -2.13. The first-order valence-electron chi connectivity index (χ1n) is 8.17. The van der Waals surface area contributed by atoms with Gasteiger partial charge in [0.15, 0.2) is 0 Å². The van der Waals surface area contributed by atoms with Crippen LogP contribution in [0.3, 0.4) is 0 Å². The number of carbonyl (C=O) groups excluding carboxylic acids is 1. The van der Waals surface area contributed by atoms with Crippen molar-refractivity contribution in [1.82, 2.24) is 9.97 Å². The van der Waals surface area contributed by atoms with Gasteiger partial charge < -0.3 is 10.6 Å². The fourth-order valence-electron chi connectivity index (χ4n) is 2.80. The maximum Gasteiger partial charge on any atom is 0.274 e. The van der Waals surface area contributed by atoms with Gasteiger partial charge in [-0.3, -0.25) is 4.79 Å². The molecule has 0 atom stereocenters. The third-order valence-corrected chi connectivity index (χ3v) is 3.88. The van der Waals surface area contributed by atoms with Crippen molar-refractivity contribution < 1.29 is 9.18 Å². The average Bonchev–Trinajstić information content (AvgIpc) is 2.58. The number of anilines is 3. The normalized spacial score (nSPS) is 10.5. The first kappa shape index (κ1) is 17.5. The van der Waals surface area contributed by atoms with Crippen LogP contribution in [-0.4, -0.2) is 15.9 Å². The summed E-state index contributed by atoms with van der Waals surface area (Å²) in [5.41, 5.74) is 4.62. The van der Waals surface area contributed by atoms with E-state index in [2.05, 4.69) is 20.6 Å². The minimum Gasteiger partial charge on any atom is -0.324 e. The van der Waals surface area contributed by atoms with E-state index in [0.29, 0.717) is 5.69 Å². The van der Waals surface area contributed by atoms with Gasteiger partial charge in [-0.15, -0.1) is 0 Å². The molecule has 132 valence electrons. The second-order valence-corrected chi connectivity index (χ2v) is 6.13. The van der Waals surface area contributed by atoms with E-state index < -0.39 is 0 Å². The van der Waals surface area contributed by atoms with Crippen LogP contribution in [0.2, 0.25) is 0 Å². The lowest BCUT2D eigenvalue weighted by atomic mass is 10.1. The number of nitrogens with one attached hydrogen (secondary N) is 2. The van der Waals surface area contributed by atoms with E-state index in [1.807, 2.05) is 32.9 Å². The molecule has 0 aliphatic heterocycles. The molecule has 2 N–H and O–H groups in total. The number of nitrogens with zero attached hydrogens (tertiary/aromatic N) is 2.